The topological polar surface area (TPSA) is 50.2 Å². The summed E-state index contributed by atoms with van der Waals surface area (Å²) < 4.78 is 1.83. The van der Waals surface area contributed by atoms with Crippen LogP contribution in [0.1, 0.15) is 29.7 Å². The Hall–Kier alpha value is -1.82. The van der Waals surface area contributed by atoms with E-state index in [2.05, 4.69) is 41.0 Å². The number of urea groups is 1. The van der Waals surface area contributed by atoms with E-state index < -0.39 is 0 Å². The van der Waals surface area contributed by atoms with E-state index in [4.69, 9.17) is 0 Å². The van der Waals surface area contributed by atoms with Gasteiger partial charge in [-0.15, -0.1) is 11.3 Å². The van der Waals surface area contributed by atoms with Crippen molar-refractivity contribution in [2.75, 3.05) is 19.6 Å². The van der Waals surface area contributed by atoms with Crippen LogP contribution in [-0.4, -0.2) is 40.3 Å². The Morgan fingerprint density at radius 3 is 3.13 bits per heavy atom. The molecule has 3 rings (SSSR count). The smallest absolute Gasteiger partial charge is 0.317 e. The normalized spacial score (nSPS) is 19.0. The number of aryl methyl sites for hydroxylation is 1. The SMILES string of the molecule is CC(CNC(=O)N1CCC(Cc2cnn(C)c2)C1)c1cccs1. The van der Waals surface area contributed by atoms with Crippen LogP contribution in [0.3, 0.4) is 0 Å². The number of likely N-dealkylation sites (tertiary alicyclic amines) is 1. The van der Waals surface area contributed by atoms with E-state index in [0.717, 1.165) is 25.9 Å². The van der Waals surface area contributed by atoms with Crippen LogP contribution in [-0.2, 0) is 13.5 Å². The summed E-state index contributed by atoms with van der Waals surface area (Å²) in [7, 11) is 1.94. The molecular weight excluding hydrogens is 308 g/mol. The fourth-order valence-electron chi connectivity index (χ4n) is 3.12. The van der Waals surface area contributed by atoms with Crippen molar-refractivity contribution in [1.29, 1.82) is 0 Å². The molecule has 0 aliphatic carbocycles. The summed E-state index contributed by atoms with van der Waals surface area (Å²) in [6.07, 6.45) is 6.06. The second kappa shape index (κ2) is 7.17. The first kappa shape index (κ1) is 16.1. The molecule has 1 saturated heterocycles. The van der Waals surface area contributed by atoms with Crippen molar-refractivity contribution in [3.8, 4) is 0 Å². The van der Waals surface area contributed by atoms with E-state index in [1.54, 1.807) is 11.3 Å². The van der Waals surface area contributed by atoms with Gasteiger partial charge in [-0.05, 0) is 35.8 Å². The van der Waals surface area contributed by atoms with Gasteiger partial charge in [-0.25, -0.2) is 4.79 Å². The second-order valence-electron chi connectivity index (χ2n) is 6.43. The van der Waals surface area contributed by atoms with Crippen molar-refractivity contribution in [3.05, 3.63) is 40.3 Å². The van der Waals surface area contributed by atoms with Crippen LogP contribution >= 0.6 is 11.3 Å². The van der Waals surface area contributed by atoms with Gasteiger partial charge in [0, 0.05) is 43.7 Å². The van der Waals surface area contributed by atoms with Crippen molar-refractivity contribution in [2.24, 2.45) is 13.0 Å². The molecular formula is C17H24N4OS. The van der Waals surface area contributed by atoms with E-state index >= 15 is 0 Å². The standard InChI is InChI=1S/C17H24N4OS/c1-13(16-4-3-7-23-16)9-18-17(22)21-6-5-14(12-21)8-15-10-19-20(2)11-15/h3-4,7,10-11,13-14H,5-6,8-9,12H2,1-2H3,(H,18,22). The first-order valence-corrected chi connectivity index (χ1v) is 9.03. The quantitative estimate of drug-likeness (QED) is 0.915. The molecule has 3 heterocycles. The average Bonchev–Trinajstić information content (AvgIpc) is 3.26. The highest BCUT2D eigenvalue weighted by Gasteiger charge is 2.26. The highest BCUT2D eigenvalue weighted by molar-refractivity contribution is 7.10. The van der Waals surface area contributed by atoms with Crippen LogP contribution in [0.5, 0.6) is 0 Å². The Morgan fingerprint density at radius 1 is 1.57 bits per heavy atom. The first-order valence-electron chi connectivity index (χ1n) is 8.15. The van der Waals surface area contributed by atoms with E-state index in [1.165, 1.54) is 10.4 Å². The lowest BCUT2D eigenvalue weighted by Crippen LogP contribution is -2.40. The summed E-state index contributed by atoms with van der Waals surface area (Å²) in [5.41, 5.74) is 1.26. The molecule has 1 N–H and O–H groups in total. The third-order valence-corrected chi connectivity index (χ3v) is 5.55. The molecule has 0 bridgehead atoms. The van der Waals surface area contributed by atoms with Crippen LogP contribution < -0.4 is 5.32 Å². The third-order valence-electron chi connectivity index (χ3n) is 4.44. The molecule has 2 atom stereocenters. The van der Waals surface area contributed by atoms with E-state index in [0.29, 0.717) is 18.4 Å². The summed E-state index contributed by atoms with van der Waals surface area (Å²) in [5, 5.41) is 9.37. The van der Waals surface area contributed by atoms with Crippen molar-refractivity contribution in [1.82, 2.24) is 20.0 Å². The molecule has 124 valence electrons. The molecule has 6 heteroatoms. The van der Waals surface area contributed by atoms with Crippen LogP contribution in [0, 0.1) is 5.92 Å². The van der Waals surface area contributed by atoms with Crippen molar-refractivity contribution in [2.45, 2.75) is 25.7 Å². The fraction of sp³-hybridized carbons (Fsp3) is 0.529. The van der Waals surface area contributed by atoms with Gasteiger partial charge in [-0.1, -0.05) is 13.0 Å². The summed E-state index contributed by atoms with van der Waals surface area (Å²) in [6, 6.07) is 4.26. The average molecular weight is 332 g/mol. The maximum Gasteiger partial charge on any atom is 0.317 e. The van der Waals surface area contributed by atoms with Crippen LogP contribution in [0.4, 0.5) is 4.79 Å². The zero-order valence-corrected chi connectivity index (χ0v) is 14.6. The second-order valence-corrected chi connectivity index (χ2v) is 7.41. The van der Waals surface area contributed by atoms with Gasteiger partial charge < -0.3 is 10.2 Å². The Balaban J connectivity index is 1.44. The Labute approximate surface area is 141 Å². The van der Waals surface area contributed by atoms with Gasteiger partial charge in [0.2, 0.25) is 0 Å². The zero-order chi connectivity index (χ0) is 16.2. The van der Waals surface area contributed by atoms with Gasteiger partial charge in [0.1, 0.15) is 0 Å². The predicted molar refractivity (Wildman–Crippen MR) is 92.7 cm³/mol. The van der Waals surface area contributed by atoms with Crippen LogP contribution in [0.15, 0.2) is 29.9 Å². The lowest BCUT2D eigenvalue weighted by atomic mass is 10.0. The summed E-state index contributed by atoms with van der Waals surface area (Å²) in [4.78, 5) is 15.6. The molecule has 5 nitrogen and oxygen atoms in total. The largest absolute Gasteiger partial charge is 0.337 e. The molecule has 1 aliphatic rings. The molecule has 2 unspecified atom stereocenters. The number of aromatic nitrogens is 2. The molecule has 0 spiro atoms. The highest BCUT2D eigenvalue weighted by atomic mass is 32.1. The highest BCUT2D eigenvalue weighted by Crippen LogP contribution is 2.22. The van der Waals surface area contributed by atoms with E-state index in [-0.39, 0.29) is 6.03 Å². The number of carbonyl (C=O) groups is 1. The molecule has 0 radical (unpaired) electrons. The number of nitrogens with one attached hydrogen (secondary N) is 1. The molecule has 2 aromatic heterocycles. The first-order chi connectivity index (χ1) is 11.1. The van der Waals surface area contributed by atoms with Gasteiger partial charge in [0.05, 0.1) is 6.20 Å². The van der Waals surface area contributed by atoms with E-state index in [9.17, 15) is 4.79 Å². The summed E-state index contributed by atoms with van der Waals surface area (Å²) >= 11 is 1.75. The summed E-state index contributed by atoms with van der Waals surface area (Å²) in [5.74, 6) is 0.910. The van der Waals surface area contributed by atoms with Gasteiger partial charge in [-0.3, -0.25) is 4.68 Å². The number of hydrogen-bond donors (Lipinski definition) is 1. The maximum atomic E-state index is 12.3. The maximum absolute atomic E-state index is 12.3. The number of amides is 2. The fourth-order valence-corrected chi connectivity index (χ4v) is 3.91. The number of thiophene rings is 1. The van der Waals surface area contributed by atoms with Gasteiger partial charge in [0.15, 0.2) is 0 Å². The Bertz CT molecular complexity index is 637. The van der Waals surface area contributed by atoms with Gasteiger partial charge in [0.25, 0.3) is 0 Å². The number of hydrogen-bond acceptors (Lipinski definition) is 3. The predicted octanol–water partition coefficient (Wildman–Crippen LogP) is 2.86. The van der Waals surface area contributed by atoms with Crippen molar-refractivity contribution < 1.29 is 4.79 Å². The van der Waals surface area contributed by atoms with Gasteiger partial charge in [-0.2, -0.15) is 5.10 Å². The zero-order valence-electron chi connectivity index (χ0n) is 13.7. The molecule has 2 aromatic rings. The number of nitrogens with zero attached hydrogens (tertiary/aromatic N) is 3. The Morgan fingerprint density at radius 2 is 2.43 bits per heavy atom. The minimum atomic E-state index is 0.0714. The van der Waals surface area contributed by atoms with Gasteiger partial charge >= 0.3 is 6.03 Å². The lowest BCUT2D eigenvalue weighted by molar-refractivity contribution is 0.206. The number of rotatable bonds is 5. The number of carbonyl (C=O) groups excluding carboxylic acids is 1. The van der Waals surface area contributed by atoms with Crippen molar-refractivity contribution >= 4 is 17.4 Å². The lowest BCUT2D eigenvalue weighted by Gasteiger charge is -2.19. The molecule has 2 amide bonds. The monoisotopic (exact) mass is 332 g/mol. The molecule has 0 saturated carbocycles. The minimum Gasteiger partial charge on any atom is -0.337 e. The third kappa shape index (κ3) is 4.13. The molecule has 1 fully saturated rings. The minimum absolute atomic E-state index is 0.0714. The molecule has 0 aromatic carbocycles. The van der Waals surface area contributed by atoms with Crippen LogP contribution in [0.2, 0.25) is 0 Å². The Kier molecular flexibility index (Phi) is 5.00. The molecule has 1 aliphatic heterocycles. The van der Waals surface area contributed by atoms with E-state index in [1.807, 2.05) is 22.8 Å². The summed E-state index contributed by atoms with van der Waals surface area (Å²) in [6.45, 7) is 4.54. The van der Waals surface area contributed by atoms with Crippen LogP contribution in [0.25, 0.3) is 0 Å². The van der Waals surface area contributed by atoms with Crippen molar-refractivity contribution in [3.63, 3.8) is 0 Å². The molecule has 23 heavy (non-hydrogen) atoms.